The number of nitrogens with one attached hydrogen (secondary N) is 1. The molecule has 1 saturated heterocycles. The molecule has 0 unspecified atom stereocenters. The normalized spacial score (nSPS) is 16.0. The van der Waals surface area contributed by atoms with Gasteiger partial charge in [0.1, 0.15) is 6.04 Å². The number of carbonyl (C=O) groups excluding carboxylic acids is 2. The Kier molecular flexibility index (Phi) is 10.9. The summed E-state index contributed by atoms with van der Waals surface area (Å²) in [6, 6.07) is -0.590. The number of carbonyl (C=O) groups is 2. The van der Waals surface area contributed by atoms with Gasteiger partial charge in [0.15, 0.2) is 0 Å². The van der Waals surface area contributed by atoms with E-state index in [1.165, 1.54) is 11.8 Å². The van der Waals surface area contributed by atoms with Crippen molar-refractivity contribution in [2.24, 2.45) is 5.92 Å². The van der Waals surface area contributed by atoms with Crippen LogP contribution in [0.3, 0.4) is 0 Å². The zero-order chi connectivity index (χ0) is 18.9. The lowest BCUT2D eigenvalue weighted by molar-refractivity contribution is -0.124. The van der Waals surface area contributed by atoms with E-state index in [0.717, 1.165) is 31.5 Å². The van der Waals surface area contributed by atoms with Crippen molar-refractivity contribution in [2.45, 2.75) is 50.4 Å². The minimum Gasteiger partial charge on any atom is -0.408 e. The average Bonchev–Trinajstić information content (AvgIpc) is 3.11. The van der Waals surface area contributed by atoms with Crippen LogP contribution in [0.4, 0.5) is 0 Å². The lowest BCUT2D eigenvalue weighted by atomic mass is 9.95. The fourth-order valence-electron chi connectivity index (χ4n) is 2.96. The Morgan fingerprint density at radius 2 is 2.07 bits per heavy atom. The number of thioether (sulfide) groups is 1. The number of rotatable bonds is 11. The molecule has 10 heteroatoms. The number of nitrogens with zero attached hydrogens (tertiary/aromatic N) is 3. The summed E-state index contributed by atoms with van der Waals surface area (Å²) in [5.74, 6) is 0.704. The third-order valence-electron chi connectivity index (χ3n) is 4.29. The summed E-state index contributed by atoms with van der Waals surface area (Å²) < 4.78 is 10.9. The molecule has 1 atom stereocenters. The van der Waals surface area contributed by atoms with E-state index in [1.807, 2.05) is 20.9 Å². The fourth-order valence-corrected chi connectivity index (χ4v) is 3.68. The van der Waals surface area contributed by atoms with Crippen LogP contribution in [0.25, 0.3) is 0 Å². The maximum atomic E-state index is 13.0. The molecular formula is C17H29ClN4O4S. The van der Waals surface area contributed by atoms with Gasteiger partial charge < -0.3 is 19.4 Å². The Morgan fingerprint density at radius 1 is 1.37 bits per heavy atom. The van der Waals surface area contributed by atoms with Gasteiger partial charge in [0.05, 0.1) is 0 Å². The van der Waals surface area contributed by atoms with Gasteiger partial charge in [-0.05, 0) is 32.2 Å². The molecule has 2 rings (SSSR count). The molecule has 154 valence electrons. The van der Waals surface area contributed by atoms with Gasteiger partial charge in [-0.25, -0.2) is 0 Å². The second kappa shape index (κ2) is 12.3. The first-order valence-corrected chi connectivity index (χ1v) is 10.0. The summed E-state index contributed by atoms with van der Waals surface area (Å²) in [5.41, 5.74) is 0. The van der Waals surface area contributed by atoms with Crippen LogP contribution in [0, 0.1) is 5.92 Å². The van der Waals surface area contributed by atoms with E-state index in [-0.39, 0.29) is 36.0 Å². The number of hydrogen-bond donors (Lipinski definition) is 1. The number of amides is 1. The van der Waals surface area contributed by atoms with Crippen molar-refractivity contribution in [3.8, 4) is 0 Å². The molecular weight excluding hydrogens is 392 g/mol. The first-order valence-electron chi connectivity index (χ1n) is 9.02. The summed E-state index contributed by atoms with van der Waals surface area (Å²) in [7, 11) is 1.87. The van der Waals surface area contributed by atoms with Crippen molar-refractivity contribution in [2.75, 3.05) is 32.6 Å². The van der Waals surface area contributed by atoms with Crippen molar-refractivity contribution < 1.29 is 18.7 Å². The highest BCUT2D eigenvalue weighted by molar-refractivity contribution is 7.99. The number of ether oxygens (including phenoxy) is 1. The molecule has 1 amide bonds. The Morgan fingerprint density at radius 3 is 2.67 bits per heavy atom. The Hall–Kier alpha value is -1.16. The van der Waals surface area contributed by atoms with Crippen molar-refractivity contribution in [3.63, 3.8) is 0 Å². The smallest absolute Gasteiger partial charge is 0.286 e. The number of hydrogen-bond acceptors (Lipinski definition) is 8. The molecule has 0 aliphatic carbocycles. The van der Waals surface area contributed by atoms with Gasteiger partial charge in [-0.2, -0.15) is 0 Å². The molecule has 1 N–H and O–H groups in total. The zero-order valence-electron chi connectivity index (χ0n) is 16.1. The molecule has 2 heterocycles. The maximum Gasteiger partial charge on any atom is 0.286 e. The van der Waals surface area contributed by atoms with E-state index >= 15 is 0 Å². The van der Waals surface area contributed by atoms with Gasteiger partial charge in [-0.15, -0.1) is 22.6 Å². The summed E-state index contributed by atoms with van der Waals surface area (Å²) in [4.78, 5) is 26.4. The molecule has 1 aromatic rings. The predicted molar refractivity (Wildman–Crippen MR) is 106 cm³/mol. The highest BCUT2D eigenvalue weighted by Crippen LogP contribution is 2.23. The summed E-state index contributed by atoms with van der Waals surface area (Å²) in [6.07, 6.45) is 2.80. The monoisotopic (exact) mass is 420 g/mol. The molecule has 1 aliphatic heterocycles. The van der Waals surface area contributed by atoms with Crippen molar-refractivity contribution in [1.82, 2.24) is 20.4 Å². The Labute approximate surface area is 170 Å². The Balaban J connectivity index is 0.00000364. The van der Waals surface area contributed by atoms with Gasteiger partial charge >= 0.3 is 0 Å². The van der Waals surface area contributed by atoms with Gasteiger partial charge in [0.2, 0.25) is 12.2 Å². The fraction of sp³-hybridized carbons (Fsp3) is 0.765. The number of aromatic nitrogens is 2. The largest absolute Gasteiger partial charge is 0.408 e. The lowest BCUT2D eigenvalue weighted by Crippen LogP contribution is -2.49. The van der Waals surface area contributed by atoms with Crippen LogP contribution < -0.4 is 5.32 Å². The number of Topliss-reactive ketones (excluding diaryl/α,β-unsaturated/α-hetero) is 1. The first-order chi connectivity index (χ1) is 12.6. The van der Waals surface area contributed by atoms with E-state index < -0.39 is 6.04 Å². The molecule has 0 aromatic carbocycles. The Bertz CT molecular complexity index is 581. The van der Waals surface area contributed by atoms with Crippen LogP contribution >= 0.6 is 24.2 Å². The van der Waals surface area contributed by atoms with Crippen molar-refractivity contribution in [3.05, 3.63) is 5.89 Å². The number of halogens is 1. The van der Waals surface area contributed by atoms with Crippen LogP contribution in [0.5, 0.6) is 0 Å². The third-order valence-corrected chi connectivity index (χ3v) is 5.11. The van der Waals surface area contributed by atoms with Gasteiger partial charge in [-0.3, -0.25) is 9.59 Å². The third kappa shape index (κ3) is 7.06. The van der Waals surface area contributed by atoms with Gasteiger partial charge in [-0.1, -0.05) is 25.6 Å². The van der Waals surface area contributed by atoms with Gasteiger partial charge in [0.25, 0.3) is 11.1 Å². The second-order valence-corrected chi connectivity index (χ2v) is 7.78. The molecule has 1 fully saturated rings. The minimum absolute atomic E-state index is 0. The molecule has 0 bridgehead atoms. The van der Waals surface area contributed by atoms with Crippen LogP contribution in [0.15, 0.2) is 9.64 Å². The molecule has 1 aromatic heterocycles. The molecule has 27 heavy (non-hydrogen) atoms. The molecule has 0 spiro atoms. The van der Waals surface area contributed by atoms with Gasteiger partial charge in [0, 0.05) is 31.6 Å². The summed E-state index contributed by atoms with van der Waals surface area (Å²) in [6.45, 7) is 6.06. The van der Waals surface area contributed by atoms with Crippen LogP contribution in [0.1, 0.15) is 43.8 Å². The maximum absolute atomic E-state index is 13.0. The van der Waals surface area contributed by atoms with E-state index in [9.17, 15) is 9.59 Å². The first kappa shape index (κ1) is 23.9. The van der Waals surface area contributed by atoms with Crippen molar-refractivity contribution in [1.29, 1.82) is 0 Å². The topological polar surface area (TPSA) is 97.6 Å². The van der Waals surface area contributed by atoms with E-state index in [4.69, 9.17) is 9.15 Å². The highest BCUT2D eigenvalue weighted by atomic mass is 35.5. The average molecular weight is 421 g/mol. The quantitative estimate of drug-likeness (QED) is 0.251. The molecule has 8 nitrogen and oxygen atoms in total. The zero-order valence-corrected chi connectivity index (χ0v) is 17.7. The van der Waals surface area contributed by atoms with Crippen molar-refractivity contribution >= 4 is 36.4 Å². The molecule has 0 saturated carbocycles. The SMILES string of the molecule is CNCCSc1nnc(C(=O)[C@H](CC(C)C)N(C=O)C2CCOCC2)o1.Cl. The summed E-state index contributed by atoms with van der Waals surface area (Å²) in [5, 5.41) is 11.3. The lowest BCUT2D eigenvalue weighted by Gasteiger charge is -2.36. The summed E-state index contributed by atoms with van der Waals surface area (Å²) >= 11 is 1.40. The minimum atomic E-state index is -0.591. The molecule has 1 aliphatic rings. The van der Waals surface area contributed by atoms with E-state index in [0.29, 0.717) is 24.9 Å². The second-order valence-electron chi connectivity index (χ2n) is 6.73. The van der Waals surface area contributed by atoms with Crippen LogP contribution in [-0.4, -0.2) is 71.9 Å². The van der Waals surface area contributed by atoms with Crippen LogP contribution in [0.2, 0.25) is 0 Å². The van der Waals surface area contributed by atoms with E-state index in [1.54, 1.807) is 4.90 Å². The van der Waals surface area contributed by atoms with Crippen LogP contribution in [-0.2, 0) is 9.53 Å². The number of ketones is 1. The standard InChI is InChI=1S/C17H28N4O4S.ClH/c1-12(2)10-14(21(11-22)13-4-7-24-8-5-13)15(23)16-19-20-17(25-16)26-9-6-18-3;/h11-14,18H,4-10H2,1-3H3;1H/t14-;/m0./s1. The predicted octanol–water partition coefficient (Wildman–Crippen LogP) is 2.04. The van der Waals surface area contributed by atoms with E-state index in [2.05, 4.69) is 15.5 Å². The molecule has 0 radical (unpaired) electrons. The highest BCUT2D eigenvalue weighted by Gasteiger charge is 2.35.